The molecule has 2 heteroatoms. The van der Waals surface area contributed by atoms with Crippen LogP contribution in [0.25, 0.3) is 0 Å². The quantitative estimate of drug-likeness (QED) is 0.208. The van der Waals surface area contributed by atoms with Crippen molar-refractivity contribution in [3.05, 3.63) is 126 Å². The second kappa shape index (κ2) is 8.42. The number of rotatable bonds is 6. The molecule has 0 unspecified atom stereocenters. The zero-order chi connectivity index (χ0) is 20.2. The normalized spacial score (nSPS) is 12.8. The molecule has 0 N–H and O–H groups in total. The van der Waals surface area contributed by atoms with Gasteiger partial charge in [-0.2, -0.15) is 0 Å². The molecule has 0 radical (unpaired) electrons. The second-order valence-corrected chi connectivity index (χ2v) is 18.4. The first-order chi connectivity index (χ1) is 14.1. The number of hydrogen-bond donors (Lipinski definition) is 0. The summed E-state index contributed by atoms with van der Waals surface area (Å²) in [4.78, 5) is 0. The van der Waals surface area contributed by atoms with Crippen LogP contribution in [0.3, 0.4) is 0 Å². The van der Waals surface area contributed by atoms with E-state index in [4.69, 9.17) is 0 Å². The van der Waals surface area contributed by atoms with Crippen molar-refractivity contribution < 1.29 is 0 Å². The number of hydrogen-bond acceptors (Lipinski definition) is 0. The van der Waals surface area contributed by atoms with Gasteiger partial charge in [0.05, 0.1) is 0 Å². The van der Waals surface area contributed by atoms with Gasteiger partial charge in [0.25, 0.3) is 0 Å². The Balaban J connectivity index is 1.95. The Morgan fingerprint density at radius 2 is 0.931 bits per heavy atom. The van der Waals surface area contributed by atoms with Crippen LogP contribution in [0.5, 0.6) is 0 Å². The summed E-state index contributed by atoms with van der Waals surface area (Å²) in [6.45, 7) is 2.15. The van der Waals surface area contributed by atoms with Crippen LogP contribution in [0.15, 0.2) is 115 Å². The van der Waals surface area contributed by atoms with Crippen molar-refractivity contribution in [3.8, 4) is 0 Å². The summed E-state index contributed by atoms with van der Waals surface area (Å²) in [5.41, 5.74) is 2.72. The number of aryl methyl sites for hydroxylation is 2. The molecule has 4 aromatic carbocycles. The third kappa shape index (κ3) is 3.79. The first kappa shape index (κ1) is 20.3. The fourth-order valence-electron chi connectivity index (χ4n) is 4.14. The van der Waals surface area contributed by atoms with Gasteiger partial charge in [-0.25, -0.2) is 0 Å². The van der Waals surface area contributed by atoms with Crippen molar-refractivity contribution >= 4 is 42.2 Å². The van der Waals surface area contributed by atoms with Crippen molar-refractivity contribution in [3.63, 3.8) is 0 Å². The Labute approximate surface area is 187 Å². The maximum absolute atomic E-state index is 2.87. The fourth-order valence-corrected chi connectivity index (χ4v) is 12.5. The molecule has 29 heavy (non-hydrogen) atoms. The average molecular weight is 508 g/mol. The molecule has 0 aliphatic carbocycles. The molecule has 0 saturated carbocycles. The van der Waals surface area contributed by atoms with E-state index in [9.17, 15) is 0 Å². The van der Waals surface area contributed by atoms with Gasteiger partial charge in [-0.15, -0.1) is 0 Å². The predicted octanol–water partition coefficient (Wildman–Crippen LogP) is 6.42. The average Bonchev–Trinajstić information content (AvgIpc) is 2.80. The number of benzene rings is 4. The van der Waals surface area contributed by atoms with Crippen molar-refractivity contribution in [1.29, 1.82) is 0 Å². The molecule has 146 valence electrons. The first-order valence-corrected chi connectivity index (χ1v) is 15.3. The Hall–Kier alpha value is -1.96. The van der Waals surface area contributed by atoms with Crippen LogP contribution in [-0.2, 0) is 6.42 Å². The van der Waals surface area contributed by atoms with Gasteiger partial charge in [0.2, 0.25) is 0 Å². The van der Waals surface area contributed by atoms with Crippen LogP contribution in [-0.4, -0.2) is 6.16 Å². The second-order valence-electron chi connectivity index (χ2n) is 7.65. The Bertz CT molecular complexity index is 958. The van der Waals surface area contributed by atoms with E-state index in [-0.39, 0.29) is 0 Å². The van der Waals surface area contributed by atoms with Crippen LogP contribution in [0.2, 0.25) is 0 Å². The molecule has 0 bridgehead atoms. The minimum atomic E-state index is -2.66. The Morgan fingerprint density at radius 1 is 0.552 bits per heavy atom. The summed E-state index contributed by atoms with van der Waals surface area (Å²) < 4.78 is -2.66. The van der Waals surface area contributed by atoms with Crippen LogP contribution in [0, 0.1) is 6.92 Å². The molecule has 0 fully saturated rings. The molecule has 0 aromatic heterocycles. The van der Waals surface area contributed by atoms with Crippen LogP contribution < -0.4 is 15.9 Å². The van der Waals surface area contributed by atoms with E-state index >= 15 is 0 Å². The molecule has 4 rings (SSSR count). The van der Waals surface area contributed by atoms with E-state index in [0.29, 0.717) is 0 Å². The monoisotopic (exact) mass is 508 g/mol. The molecule has 0 nitrogen and oxygen atoms in total. The number of halogens is 1. The zero-order valence-electron chi connectivity index (χ0n) is 16.7. The molecule has 0 aliphatic rings. The summed E-state index contributed by atoms with van der Waals surface area (Å²) in [5, 5.41) is 4.34. The predicted molar refractivity (Wildman–Crippen MR) is 139 cm³/mol. The fraction of sp³-hybridized carbons (Fsp3) is 0.111. The van der Waals surface area contributed by atoms with Crippen LogP contribution >= 0.6 is 26.3 Å². The van der Waals surface area contributed by atoms with E-state index in [0.717, 1.165) is 12.6 Å². The van der Waals surface area contributed by atoms with Gasteiger partial charge >= 0.3 is 188 Å². The van der Waals surface area contributed by atoms with Crippen molar-refractivity contribution in [2.75, 3.05) is 6.16 Å². The third-order valence-corrected chi connectivity index (χ3v) is 17.5. The van der Waals surface area contributed by atoms with E-state index in [1.165, 1.54) is 27.0 Å². The molecule has 0 heterocycles. The van der Waals surface area contributed by atoms with Gasteiger partial charge in [0.1, 0.15) is 0 Å². The van der Waals surface area contributed by atoms with E-state index in [2.05, 4.69) is 144 Å². The van der Waals surface area contributed by atoms with Crippen molar-refractivity contribution in [2.24, 2.45) is 0 Å². The molecule has 0 amide bonds. The molecule has 0 atom stereocenters. The van der Waals surface area contributed by atoms with E-state index < -0.39 is 4.25 Å². The van der Waals surface area contributed by atoms with Crippen molar-refractivity contribution in [1.82, 2.24) is 0 Å². The molecule has 0 aliphatic heterocycles. The Kier molecular flexibility index (Phi) is 5.90. The minimum absolute atomic E-state index is 1.06. The molecule has 0 saturated heterocycles. The molecular formula is C27H26IP. The summed E-state index contributed by atoms with van der Waals surface area (Å²) in [5.74, 6) is 0. The summed E-state index contributed by atoms with van der Waals surface area (Å²) in [7, 11) is 0. The van der Waals surface area contributed by atoms with Gasteiger partial charge < -0.3 is 0 Å². The Morgan fingerprint density at radius 3 is 1.31 bits per heavy atom. The summed E-state index contributed by atoms with van der Waals surface area (Å²) in [6, 6.07) is 42.5. The summed E-state index contributed by atoms with van der Waals surface area (Å²) in [6.07, 6.45) is 2.16. The van der Waals surface area contributed by atoms with E-state index in [1.807, 2.05) is 0 Å². The van der Waals surface area contributed by atoms with Crippen molar-refractivity contribution in [2.45, 2.75) is 13.3 Å². The zero-order valence-corrected chi connectivity index (χ0v) is 19.8. The molecule has 4 aromatic rings. The topological polar surface area (TPSA) is 0 Å². The third-order valence-electron chi connectivity index (χ3n) is 5.82. The van der Waals surface area contributed by atoms with Gasteiger partial charge in [-0.3, -0.25) is 0 Å². The molecule has 0 spiro atoms. The maximum atomic E-state index is 2.87. The molecular weight excluding hydrogens is 482 g/mol. The van der Waals surface area contributed by atoms with Gasteiger partial charge in [-0.05, 0) is 0 Å². The SMILES string of the molecule is Cc1ccc(CCP(I)(c2ccccc2)(c2ccccc2)c2ccccc2)cc1. The van der Waals surface area contributed by atoms with Crippen LogP contribution in [0.4, 0.5) is 0 Å². The van der Waals surface area contributed by atoms with Crippen LogP contribution in [0.1, 0.15) is 11.1 Å². The van der Waals surface area contributed by atoms with Gasteiger partial charge in [-0.1, -0.05) is 0 Å². The summed E-state index contributed by atoms with van der Waals surface area (Å²) >= 11 is 2.87. The first-order valence-electron chi connectivity index (χ1n) is 10.1. The van der Waals surface area contributed by atoms with Gasteiger partial charge in [0, 0.05) is 0 Å². The van der Waals surface area contributed by atoms with E-state index in [1.54, 1.807) is 0 Å². The standard InChI is InChI=1S/C27H26IP/c1-23-17-19-24(20-18-23)21-22-29(28,25-11-5-2-6-12-25,26-13-7-3-8-14-26)27-15-9-4-10-16-27/h2-20H,21-22H2,1H3. The van der Waals surface area contributed by atoms with Gasteiger partial charge in [0.15, 0.2) is 0 Å².